The van der Waals surface area contributed by atoms with Gasteiger partial charge in [0.2, 0.25) is 0 Å². The van der Waals surface area contributed by atoms with Crippen molar-refractivity contribution in [3.63, 3.8) is 0 Å². The molecule has 0 saturated carbocycles. The number of rotatable bonds is 5. The van der Waals surface area contributed by atoms with Crippen molar-refractivity contribution >= 4 is 27.7 Å². The topological polar surface area (TPSA) is 97.9 Å². The number of anilines is 1. The van der Waals surface area contributed by atoms with E-state index in [1.165, 1.54) is 0 Å². The molecule has 20 heavy (non-hydrogen) atoms. The summed E-state index contributed by atoms with van der Waals surface area (Å²) in [7, 11) is 1.92. The highest BCUT2D eigenvalue weighted by Crippen LogP contribution is 2.17. The van der Waals surface area contributed by atoms with Gasteiger partial charge in [0.15, 0.2) is 5.82 Å². The standard InChI is InChI=1S/C12H15BrN6O/c1-19-5-4-15-10(19)2-3-16-12(20)9-6-8(13)7-17-11(9)18-14/h4-7H,2-3,14H2,1H3,(H,16,20)(H,17,18). The van der Waals surface area contributed by atoms with E-state index in [0.717, 1.165) is 5.82 Å². The van der Waals surface area contributed by atoms with Gasteiger partial charge >= 0.3 is 0 Å². The Kier molecular flexibility index (Phi) is 4.70. The Morgan fingerprint density at radius 3 is 2.95 bits per heavy atom. The van der Waals surface area contributed by atoms with E-state index in [9.17, 15) is 4.79 Å². The molecule has 8 heteroatoms. The Balaban J connectivity index is 1.98. The Morgan fingerprint density at radius 1 is 1.50 bits per heavy atom. The molecule has 2 aromatic heterocycles. The molecule has 0 aromatic carbocycles. The molecule has 0 radical (unpaired) electrons. The van der Waals surface area contributed by atoms with Crippen LogP contribution >= 0.6 is 15.9 Å². The second-order valence-corrected chi connectivity index (χ2v) is 5.07. The lowest BCUT2D eigenvalue weighted by Gasteiger charge is -2.09. The van der Waals surface area contributed by atoms with Gasteiger partial charge in [-0.2, -0.15) is 0 Å². The van der Waals surface area contributed by atoms with Crippen LogP contribution in [0.25, 0.3) is 0 Å². The molecule has 7 nitrogen and oxygen atoms in total. The van der Waals surface area contributed by atoms with E-state index in [4.69, 9.17) is 5.84 Å². The quantitative estimate of drug-likeness (QED) is 0.554. The number of carbonyl (C=O) groups excluding carboxylic acids is 1. The summed E-state index contributed by atoms with van der Waals surface area (Å²) >= 11 is 3.28. The molecule has 0 fully saturated rings. The van der Waals surface area contributed by atoms with Crippen LogP contribution in [0.4, 0.5) is 5.82 Å². The maximum atomic E-state index is 12.1. The van der Waals surface area contributed by atoms with Gasteiger partial charge in [-0.1, -0.05) is 0 Å². The van der Waals surface area contributed by atoms with Gasteiger partial charge in [-0.3, -0.25) is 4.79 Å². The fraction of sp³-hybridized carbons (Fsp3) is 0.250. The number of hydrogen-bond donors (Lipinski definition) is 3. The molecule has 2 aromatic rings. The maximum absolute atomic E-state index is 12.1. The van der Waals surface area contributed by atoms with Crippen molar-refractivity contribution in [2.75, 3.05) is 12.0 Å². The number of imidazole rings is 1. The second kappa shape index (κ2) is 6.49. The van der Waals surface area contributed by atoms with Crippen LogP contribution < -0.4 is 16.6 Å². The van der Waals surface area contributed by atoms with Crippen LogP contribution in [-0.2, 0) is 13.5 Å². The molecular formula is C12H15BrN6O. The third-order valence-corrected chi connectivity index (χ3v) is 3.22. The van der Waals surface area contributed by atoms with Gasteiger partial charge in [-0.05, 0) is 22.0 Å². The molecule has 2 heterocycles. The first-order valence-corrected chi connectivity index (χ1v) is 6.77. The number of halogens is 1. The van der Waals surface area contributed by atoms with E-state index in [-0.39, 0.29) is 5.91 Å². The predicted octanol–water partition coefficient (Wildman–Crippen LogP) is 0.836. The molecule has 0 aliphatic heterocycles. The molecule has 1 amide bonds. The molecule has 0 unspecified atom stereocenters. The smallest absolute Gasteiger partial charge is 0.255 e. The lowest BCUT2D eigenvalue weighted by atomic mass is 10.2. The number of aromatic nitrogens is 3. The van der Waals surface area contributed by atoms with E-state index in [2.05, 4.69) is 36.6 Å². The molecule has 106 valence electrons. The van der Waals surface area contributed by atoms with E-state index < -0.39 is 0 Å². The Labute approximate surface area is 124 Å². The molecule has 0 spiro atoms. The zero-order chi connectivity index (χ0) is 14.5. The molecule has 0 atom stereocenters. The Morgan fingerprint density at radius 2 is 2.30 bits per heavy atom. The monoisotopic (exact) mass is 338 g/mol. The summed E-state index contributed by atoms with van der Waals surface area (Å²) < 4.78 is 2.63. The van der Waals surface area contributed by atoms with E-state index >= 15 is 0 Å². The fourth-order valence-corrected chi connectivity index (χ4v) is 2.08. The number of nitrogen functional groups attached to an aromatic ring is 1. The summed E-state index contributed by atoms with van der Waals surface area (Å²) in [4.78, 5) is 20.3. The fourth-order valence-electron chi connectivity index (χ4n) is 1.75. The number of hydrogen-bond acceptors (Lipinski definition) is 5. The summed E-state index contributed by atoms with van der Waals surface area (Å²) in [5, 5.41) is 2.82. The van der Waals surface area contributed by atoms with Crippen molar-refractivity contribution in [2.45, 2.75) is 6.42 Å². The first kappa shape index (κ1) is 14.5. The number of pyridine rings is 1. The third kappa shape index (κ3) is 3.34. The molecule has 0 aliphatic rings. The van der Waals surface area contributed by atoms with Crippen LogP contribution in [0.3, 0.4) is 0 Å². The highest BCUT2D eigenvalue weighted by molar-refractivity contribution is 9.10. The second-order valence-electron chi connectivity index (χ2n) is 4.15. The average molecular weight is 339 g/mol. The minimum Gasteiger partial charge on any atom is -0.351 e. The molecule has 4 N–H and O–H groups in total. The third-order valence-electron chi connectivity index (χ3n) is 2.79. The zero-order valence-electron chi connectivity index (χ0n) is 10.9. The molecule has 0 bridgehead atoms. The summed E-state index contributed by atoms with van der Waals surface area (Å²) in [6.45, 7) is 0.486. The largest absolute Gasteiger partial charge is 0.351 e. The van der Waals surface area contributed by atoms with Crippen LogP contribution in [-0.4, -0.2) is 27.0 Å². The zero-order valence-corrected chi connectivity index (χ0v) is 12.5. The minimum absolute atomic E-state index is 0.235. The number of amides is 1. The van der Waals surface area contributed by atoms with Crippen LogP contribution in [0.5, 0.6) is 0 Å². The van der Waals surface area contributed by atoms with Crippen molar-refractivity contribution < 1.29 is 4.79 Å². The summed E-state index contributed by atoms with van der Waals surface area (Å²) in [6.07, 6.45) is 5.82. The van der Waals surface area contributed by atoms with E-state index in [1.807, 2.05) is 17.8 Å². The van der Waals surface area contributed by atoms with Gasteiger partial charge < -0.3 is 15.3 Å². The first-order chi connectivity index (χ1) is 9.61. The molecular weight excluding hydrogens is 324 g/mol. The van der Waals surface area contributed by atoms with E-state index in [1.54, 1.807) is 18.5 Å². The summed E-state index contributed by atoms with van der Waals surface area (Å²) in [5.74, 6) is 6.36. The highest BCUT2D eigenvalue weighted by Gasteiger charge is 2.12. The number of nitrogens with zero attached hydrogens (tertiary/aromatic N) is 3. The lowest BCUT2D eigenvalue weighted by molar-refractivity contribution is 0.0954. The van der Waals surface area contributed by atoms with Gasteiger partial charge in [0.05, 0.1) is 5.56 Å². The van der Waals surface area contributed by atoms with Crippen molar-refractivity contribution in [1.82, 2.24) is 19.9 Å². The molecule has 0 aliphatic carbocycles. The maximum Gasteiger partial charge on any atom is 0.255 e. The summed E-state index contributed by atoms with van der Waals surface area (Å²) in [5.41, 5.74) is 2.80. The number of carbonyl (C=O) groups is 1. The van der Waals surface area contributed by atoms with Gasteiger partial charge in [0.1, 0.15) is 5.82 Å². The molecule has 2 rings (SSSR count). The van der Waals surface area contributed by atoms with Crippen molar-refractivity contribution in [3.05, 3.63) is 40.5 Å². The van der Waals surface area contributed by atoms with Gasteiger partial charge in [0, 0.05) is 43.1 Å². The summed E-state index contributed by atoms with van der Waals surface area (Å²) in [6, 6.07) is 1.66. The van der Waals surface area contributed by atoms with Crippen LogP contribution in [0.2, 0.25) is 0 Å². The first-order valence-electron chi connectivity index (χ1n) is 5.98. The predicted molar refractivity (Wildman–Crippen MR) is 79.0 cm³/mol. The van der Waals surface area contributed by atoms with Crippen molar-refractivity contribution in [2.24, 2.45) is 12.9 Å². The van der Waals surface area contributed by atoms with Crippen LogP contribution in [0.15, 0.2) is 29.1 Å². The Bertz CT molecular complexity index is 612. The Hall–Kier alpha value is -1.93. The normalized spacial score (nSPS) is 10.3. The van der Waals surface area contributed by atoms with E-state index in [0.29, 0.717) is 28.8 Å². The van der Waals surface area contributed by atoms with Gasteiger partial charge in [-0.15, -0.1) is 0 Å². The van der Waals surface area contributed by atoms with Crippen LogP contribution in [0, 0.1) is 0 Å². The number of hydrazine groups is 1. The van der Waals surface area contributed by atoms with Crippen LogP contribution in [0.1, 0.15) is 16.2 Å². The SMILES string of the molecule is Cn1ccnc1CCNC(=O)c1cc(Br)cnc1NN. The average Bonchev–Trinajstić information content (AvgIpc) is 2.84. The molecule has 0 saturated heterocycles. The lowest BCUT2D eigenvalue weighted by Crippen LogP contribution is -2.28. The van der Waals surface area contributed by atoms with Crippen molar-refractivity contribution in [1.29, 1.82) is 0 Å². The number of nitrogens with two attached hydrogens (primary N) is 1. The number of nitrogens with one attached hydrogen (secondary N) is 2. The van der Waals surface area contributed by atoms with Crippen molar-refractivity contribution in [3.8, 4) is 0 Å². The highest BCUT2D eigenvalue weighted by atomic mass is 79.9. The van der Waals surface area contributed by atoms with Gasteiger partial charge in [-0.25, -0.2) is 15.8 Å². The number of aryl methyl sites for hydroxylation is 1. The van der Waals surface area contributed by atoms with Gasteiger partial charge in [0.25, 0.3) is 5.91 Å². The minimum atomic E-state index is -0.235.